The van der Waals surface area contributed by atoms with Crippen molar-refractivity contribution in [1.29, 1.82) is 0 Å². The van der Waals surface area contributed by atoms with Gasteiger partial charge in [0.05, 0.1) is 12.2 Å². The van der Waals surface area contributed by atoms with Gasteiger partial charge in [0.15, 0.2) is 0 Å². The summed E-state index contributed by atoms with van der Waals surface area (Å²) < 4.78 is 1.83. The van der Waals surface area contributed by atoms with Crippen LogP contribution in [0.4, 0.5) is 10.9 Å². The molecule has 3 aromatic heterocycles. The number of nitrogens with one attached hydrogen (secondary N) is 2. The first-order chi connectivity index (χ1) is 17.1. The van der Waals surface area contributed by atoms with Crippen LogP contribution in [0.25, 0.3) is 5.13 Å². The maximum absolute atomic E-state index is 12.9. The van der Waals surface area contributed by atoms with E-state index in [9.17, 15) is 4.79 Å². The molecule has 1 amide bonds. The monoisotopic (exact) mass is 494 g/mol. The van der Waals surface area contributed by atoms with Gasteiger partial charge in [-0.15, -0.1) is 10.2 Å². The van der Waals surface area contributed by atoms with Crippen LogP contribution in [-0.2, 0) is 11.3 Å². The van der Waals surface area contributed by atoms with E-state index in [1.807, 2.05) is 36.0 Å². The number of piperidine rings is 1. The number of amides is 1. The molecule has 35 heavy (non-hydrogen) atoms. The van der Waals surface area contributed by atoms with Crippen LogP contribution in [0.15, 0.2) is 30.6 Å². The summed E-state index contributed by atoms with van der Waals surface area (Å²) in [6.07, 6.45) is 10.2. The fraction of sp³-hybridized carbons (Fsp3) is 0.560. The van der Waals surface area contributed by atoms with E-state index >= 15 is 0 Å². The molecule has 0 aromatic carbocycles. The second-order valence-corrected chi connectivity index (χ2v) is 10.7. The maximum atomic E-state index is 12.9. The number of aryl methyl sites for hydroxylation is 1. The summed E-state index contributed by atoms with van der Waals surface area (Å²) in [6, 6.07) is 6.32. The average Bonchev–Trinajstić information content (AvgIpc) is 3.55. The summed E-state index contributed by atoms with van der Waals surface area (Å²) in [6.45, 7) is 6.51. The molecule has 1 aliphatic heterocycles. The summed E-state index contributed by atoms with van der Waals surface area (Å²) in [5.74, 6) is 1.74. The van der Waals surface area contributed by atoms with Crippen molar-refractivity contribution in [3.63, 3.8) is 0 Å². The molecule has 0 spiro atoms. The van der Waals surface area contributed by atoms with E-state index in [4.69, 9.17) is 0 Å². The number of anilines is 2. The van der Waals surface area contributed by atoms with Crippen LogP contribution in [0.5, 0.6) is 0 Å². The van der Waals surface area contributed by atoms with Crippen molar-refractivity contribution >= 4 is 28.2 Å². The van der Waals surface area contributed by atoms with Gasteiger partial charge in [-0.05, 0) is 56.2 Å². The Labute approximate surface area is 210 Å². The lowest BCUT2D eigenvalue weighted by molar-refractivity contribution is -0.126. The van der Waals surface area contributed by atoms with Gasteiger partial charge in [-0.25, -0.2) is 9.67 Å². The Morgan fingerprint density at radius 2 is 1.89 bits per heavy atom. The van der Waals surface area contributed by atoms with E-state index < -0.39 is 0 Å². The van der Waals surface area contributed by atoms with Gasteiger partial charge in [0, 0.05) is 37.4 Å². The number of carbonyl (C=O) groups is 1. The van der Waals surface area contributed by atoms with Gasteiger partial charge in [0.2, 0.25) is 16.2 Å². The van der Waals surface area contributed by atoms with E-state index in [2.05, 4.69) is 42.7 Å². The zero-order valence-electron chi connectivity index (χ0n) is 20.5. The Morgan fingerprint density at radius 3 is 2.66 bits per heavy atom. The highest BCUT2D eigenvalue weighted by Gasteiger charge is 2.30. The normalized spacial score (nSPS) is 21.1. The average molecular weight is 495 g/mol. The van der Waals surface area contributed by atoms with Gasteiger partial charge in [-0.1, -0.05) is 37.2 Å². The fourth-order valence-electron chi connectivity index (χ4n) is 4.98. The highest BCUT2D eigenvalue weighted by Crippen LogP contribution is 2.29. The van der Waals surface area contributed by atoms with E-state index in [-0.39, 0.29) is 11.8 Å². The molecule has 1 saturated carbocycles. The summed E-state index contributed by atoms with van der Waals surface area (Å²) in [4.78, 5) is 19.5. The summed E-state index contributed by atoms with van der Waals surface area (Å²) >= 11 is 1.53. The molecule has 0 radical (unpaired) electrons. The molecule has 186 valence electrons. The number of nitrogens with zero attached hydrogens (tertiary/aromatic N) is 6. The van der Waals surface area contributed by atoms with Crippen LogP contribution in [-0.4, -0.2) is 50.0 Å². The third-order valence-corrected chi connectivity index (χ3v) is 8.20. The number of rotatable bonds is 7. The van der Waals surface area contributed by atoms with E-state index in [1.165, 1.54) is 30.6 Å². The first-order valence-electron chi connectivity index (χ1n) is 12.7. The minimum Gasteiger partial charge on any atom is -0.364 e. The highest BCUT2D eigenvalue weighted by atomic mass is 32.1. The van der Waals surface area contributed by atoms with Crippen LogP contribution >= 0.6 is 11.3 Å². The predicted octanol–water partition coefficient (Wildman–Crippen LogP) is 3.95. The SMILES string of the molecule is Cc1ccc(NCc2ccnn2-c2nnc(N3CCC(C(=O)NC4CCCCC4C)CC3)s2)nc1. The summed E-state index contributed by atoms with van der Waals surface area (Å²) in [7, 11) is 0. The van der Waals surface area contributed by atoms with Crippen LogP contribution in [0, 0.1) is 18.8 Å². The van der Waals surface area contributed by atoms with E-state index in [1.54, 1.807) is 6.20 Å². The molecule has 2 N–H and O–H groups in total. The second kappa shape index (κ2) is 10.7. The Kier molecular flexibility index (Phi) is 7.26. The van der Waals surface area contributed by atoms with Gasteiger partial charge < -0.3 is 15.5 Å². The first-order valence-corrected chi connectivity index (χ1v) is 13.5. The third-order valence-electron chi connectivity index (χ3n) is 7.24. The predicted molar refractivity (Wildman–Crippen MR) is 138 cm³/mol. The van der Waals surface area contributed by atoms with Crippen molar-refractivity contribution in [3.8, 4) is 5.13 Å². The Bertz CT molecular complexity index is 1120. The Balaban J connectivity index is 1.15. The molecule has 0 bridgehead atoms. The van der Waals surface area contributed by atoms with Gasteiger partial charge in [0.1, 0.15) is 5.82 Å². The third kappa shape index (κ3) is 5.63. The van der Waals surface area contributed by atoms with Gasteiger partial charge >= 0.3 is 0 Å². The first kappa shape index (κ1) is 23.7. The van der Waals surface area contributed by atoms with Crippen molar-refractivity contribution in [2.45, 2.75) is 65.0 Å². The zero-order valence-corrected chi connectivity index (χ0v) is 21.3. The van der Waals surface area contributed by atoms with Crippen molar-refractivity contribution in [1.82, 2.24) is 30.3 Å². The number of hydrogen-bond donors (Lipinski definition) is 2. The largest absolute Gasteiger partial charge is 0.364 e. The van der Waals surface area contributed by atoms with Crippen molar-refractivity contribution in [2.75, 3.05) is 23.3 Å². The maximum Gasteiger partial charge on any atom is 0.234 e. The lowest BCUT2D eigenvalue weighted by atomic mass is 9.85. The quantitative estimate of drug-likeness (QED) is 0.513. The van der Waals surface area contributed by atoms with Crippen molar-refractivity contribution in [2.24, 2.45) is 11.8 Å². The van der Waals surface area contributed by atoms with E-state index in [0.717, 1.165) is 59.7 Å². The van der Waals surface area contributed by atoms with Crippen LogP contribution < -0.4 is 15.5 Å². The molecule has 4 heterocycles. The van der Waals surface area contributed by atoms with Gasteiger partial charge in [0.25, 0.3) is 0 Å². The van der Waals surface area contributed by atoms with Crippen LogP contribution in [0.1, 0.15) is 56.7 Å². The molecule has 2 atom stereocenters. The van der Waals surface area contributed by atoms with Gasteiger partial charge in [-0.3, -0.25) is 4.79 Å². The smallest absolute Gasteiger partial charge is 0.234 e. The Hall–Kier alpha value is -3.01. The lowest BCUT2D eigenvalue weighted by Gasteiger charge is -2.34. The number of aromatic nitrogens is 5. The van der Waals surface area contributed by atoms with Crippen LogP contribution in [0.2, 0.25) is 0 Å². The molecule has 1 saturated heterocycles. The molecule has 2 aliphatic rings. The molecule has 9 nitrogen and oxygen atoms in total. The topological polar surface area (TPSA) is 101 Å². The molecule has 5 rings (SSSR count). The molecule has 2 unspecified atom stereocenters. The fourth-order valence-corrected chi connectivity index (χ4v) is 5.87. The van der Waals surface area contributed by atoms with Crippen molar-refractivity contribution < 1.29 is 4.79 Å². The summed E-state index contributed by atoms with van der Waals surface area (Å²) in [5, 5.41) is 21.6. The molecule has 3 aromatic rings. The Morgan fingerprint density at radius 1 is 1.09 bits per heavy atom. The summed E-state index contributed by atoms with van der Waals surface area (Å²) in [5.41, 5.74) is 2.12. The number of carbonyl (C=O) groups excluding carboxylic acids is 1. The minimum atomic E-state index is 0.0898. The molecular formula is C25H34N8OS. The zero-order chi connectivity index (χ0) is 24.2. The highest BCUT2D eigenvalue weighted by molar-refractivity contribution is 7.17. The molecule has 1 aliphatic carbocycles. The molecule has 2 fully saturated rings. The lowest BCUT2D eigenvalue weighted by Crippen LogP contribution is -2.46. The minimum absolute atomic E-state index is 0.0898. The standard InChI is InChI=1S/C25H34N8OS/c1-17-7-8-22(26-15-17)27-16-20-9-12-28-33(20)25-31-30-24(35-25)32-13-10-19(11-14-32)23(34)29-21-6-4-3-5-18(21)2/h7-9,12,15,18-19,21H,3-6,10-11,13-14,16H2,1-2H3,(H,26,27)(H,29,34). The molecule has 10 heteroatoms. The van der Waals surface area contributed by atoms with Crippen molar-refractivity contribution in [3.05, 3.63) is 41.9 Å². The number of pyridine rings is 1. The van der Waals surface area contributed by atoms with Gasteiger partial charge in [-0.2, -0.15) is 5.10 Å². The molecular weight excluding hydrogens is 460 g/mol. The van der Waals surface area contributed by atoms with E-state index in [0.29, 0.717) is 18.5 Å². The second-order valence-electron chi connectivity index (χ2n) is 9.81. The number of hydrogen-bond acceptors (Lipinski definition) is 8. The van der Waals surface area contributed by atoms with Crippen LogP contribution in [0.3, 0.4) is 0 Å².